The molecule has 1 saturated carbocycles. The van der Waals surface area contributed by atoms with E-state index in [1.54, 1.807) is 0 Å². The first-order chi connectivity index (χ1) is 7.69. The van der Waals surface area contributed by atoms with Gasteiger partial charge in [0.05, 0.1) is 5.69 Å². The zero-order valence-corrected chi connectivity index (χ0v) is 12.2. The van der Waals surface area contributed by atoms with Gasteiger partial charge in [-0.1, -0.05) is 27.7 Å². The van der Waals surface area contributed by atoms with Crippen molar-refractivity contribution in [3.8, 4) is 0 Å². The molecule has 0 spiro atoms. The van der Waals surface area contributed by atoms with Crippen LogP contribution >= 0.6 is 0 Å². The Hall–Kier alpha value is -0.830. The summed E-state index contributed by atoms with van der Waals surface area (Å²) in [5, 5.41) is 8.15. The summed E-state index contributed by atoms with van der Waals surface area (Å²) in [4.78, 5) is 0. The predicted molar refractivity (Wildman–Crippen MR) is 70.9 cm³/mol. The minimum absolute atomic E-state index is 0.400. The van der Waals surface area contributed by atoms with Gasteiger partial charge in [0, 0.05) is 30.9 Å². The molecule has 0 aliphatic heterocycles. The van der Waals surface area contributed by atoms with Gasteiger partial charge in [0.1, 0.15) is 0 Å². The molecule has 1 aliphatic carbocycles. The molecule has 1 aliphatic rings. The van der Waals surface area contributed by atoms with Crippen LogP contribution in [0.5, 0.6) is 0 Å². The van der Waals surface area contributed by atoms with Crippen molar-refractivity contribution in [2.45, 2.75) is 54.1 Å². The molecule has 17 heavy (non-hydrogen) atoms. The predicted octanol–water partition coefficient (Wildman–Crippen LogP) is 2.56. The molecule has 1 N–H and O–H groups in total. The molecule has 96 valence electrons. The van der Waals surface area contributed by atoms with Gasteiger partial charge in [-0.15, -0.1) is 0 Å². The van der Waals surface area contributed by atoms with Crippen molar-refractivity contribution >= 4 is 0 Å². The average Bonchev–Trinajstić information content (AvgIpc) is 2.44. The summed E-state index contributed by atoms with van der Waals surface area (Å²) in [5.74, 6) is 0. The zero-order chi connectivity index (χ0) is 13.0. The van der Waals surface area contributed by atoms with Crippen molar-refractivity contribution in [3.05, 3.63) is 17.0 Å². The van der Waals surface area contributed by atoms with E-state index in [2.05, 4.69) is 52.0 Å². The number of nitrogens with one attached hydrogen (secondary N) is 1. The van der Waals surface area contributed by atoms with E-state index in [-0.39, 0.29) is 0 Å². The Morgan fingerprint density at radius 3 is 2.06 bits per heavy atom. The Bertz CT molecular complexity index is 427. The van der Waals surface area contributed by atoms with Crippen LogP contribution < -0.4 is 5.32 Å². The lowest BCUT2D eigenvalue weighted by Crippen LogP contribution is -2.22. The number of rotatable bonds is 3. The largest absolute Gasteiger partial charge is 0.309 e. The molecular weight excluding hydrogens is 210 g/mol. The Morgan fingerprint density at radius 2 is 1.71 bits per heavy atom. The molecule has 0 amide bonds. The summed E-state index contributed by atoms with van der Waals surface area (Å²) < 4.78 is 1.97. The van der Waals surface area contributed by atoms with Crippen molar-refractivity contribution < 1.29 is 0 Å². The zero-order valence-electron chi connectivity index (χ0n) is 12.2. The van der Waals surface area contributed by atoms with Crippen molar-refractivity contribution in [3.63, 3.8) is 0 Å². The number of hydrogen-bond acceptors (Lipinski definition) is 2. The lowest BCUT2D eigenvalue weighted by atomic mass is 10.0. The minimum Gasteiger partial charge on any atom is -0.309 e. The molecule has 1 heterocycles. The van der Waals surface area contributed by atoms with Gasteiger partial charge < -0.3 is 5.32 Å². The number of aromatic nitrogens is 2. The monoisotopic (exact) mass is 235 g/mol. The molecule has 0 radical (unpaired) electrons. The average molecular weight is 235 g/mol. The van der Waals surface area contributed by atoms with E-state index in [1.165, 1.54) is 11.3 Å². The molecule has 1 aromatic heterocycles. The molecular formula is C14H25N3. The van der Waals surface area contributed by atoms with Gasteiger partial charge in [0.15, 0.2) is 0 Å². The Kier molecular flexibility index (Phi) is 2.66. The standard InChI is InChI=1S/C14H25N3/c1-9-11(10(2)17(7)16-9)8-15-12-13(3,4)14(12,5)6/h12,15H,8H2,1-7H3. The fraction of sp³-hybridized carbons (Fsp3) is 0.786. The van der Waals surface area contributed by atoms with Crippen LogP contribution in [0.4, 0.5) is 0 Å². The Labute approximate surface area is 105 Å². The van der Waals surface area contributed by atoms with Gasteiger partial charge in [-0.05, 0) is 24.7 Å². The van der Waals surface area contributed by atoms with E-state index in [4.69, 9.17) is 0 Å². The van der Waals surface area contributed by atoms with Crippen LogP contribution in [0.25, 0.3) is 0 Å². The second kappa shape index (κ2) is 3.58. The SMILES string of the molecule is Cc1nn(C)c(C)c1CNC1C(C)(C)C1(C)C. The second-order valence-corrected chi connectivity index (χ2v) is 6.53. The van der Waals surface area contributed by atoms with Gasteiger partial charge >= 0.3 is 0 Å². The molecule has 3 nitrogen and oxygen atoms in total. The molecule has 0 unspecified atom stereocenters. The normalized spacial score (nSPS) is 21.8. The molecule has 1 aromatic rings. The van der Waals surface area contributed by atoms with Gasteiger partial charge in [-0.25, -0.2) is 0 Å². The van der Waals surface area contributed by atoms with Gasteiger partial charge in [0.2, 0.25) is 0 Å². The molecule has 2 rings (SSSR count). The first-order valence-corrected chi connectivity index (χ1v) is 6.42. The number of aryl methyl sites for hydroxylation is 2. The highest BCUT2D eigenvalue weighted by atomic mass is 15.3. The van der Waals surface area contributed by atoms with E-state index in [0.717, 1.165) is 12.2 Å². The summed E-state index contributed by atoms with van der Waals surface area (Å²) in [6.45, 7) is 14.5. The Morgan fingerprint density at radius 1 is 1.18 bits per heavy atom. The number of nitrogens with zero attached hydrogens (tertiary/aromatic N) is 2. The summed E-state index contributed by atoms with van der Waals surface area (Å²) in [7, 11) is 2.01. The minimum atomic E-state index is 0.400. The fourth-order valence-electron chi connectivity index (χ4n) is 2.98. The van der Waals surface area contributed by atoms with Crippen LogP contribution in [-0.4, -0.2) is 15.8 Å². The van der Waals surface area contributed by atoms with Crippen molar-refractivity contribution in [1.29, 1.82) is 0 Å². The molecule has 0 atom stereocenters. The highest BCUT2D eigenvalue weighted by molar-refractivity contribution is 5.26. The highest BCUT2D eigenvalue weighted by Crippen LogP contribution is 2.62. The summed E-state index contributed by atoms with van der Waals surface area (Å²) in [6.07, 6.45) is 0. The van der Waals surface area contributed by atoms with Gasteiger partial charge in [-0.3, -0.25) is 4.68 Å². The molecule has 0 saturated heterocycles. The first-order valence-electron chi connectivity index (χ1n) is 6.42. The fourth-order valence-corrected chi connectivity index (χ4v) is 2.98. The number of hydrogen-bond donors (Lipinski definition) is 1. The van der Waals surface area contributed by atoms with E-state index >= 15 is 0 Å². The smallest absolute Gasteiger partial charge is 0.0641 e. The lowest BCUT2D eigenvalue weighted by Gasteiger charge is -2.07. The molecule has 0 bridgehead atoms. The van der Waals surface area contributed by atoms with Crippen LogP contribution in [0, 0.1) is 24.7 Å². The molecule has 0 aromatic carbocycles. The quantitative estimate of drug-likeness (QED) is 0.872. The molecule has 1 fully saturated rings. The maximum atomic E-state index is 4.46. The Balaban J connectivity index is 2.05. The highest BCUT2D eigenvalue weighted by Gasteiger charge is 2.64. The van der Waals surface area contributed by atoms with Crippen molar-refractivity contribution in [1.82, 2.24) is 15.1 Å². The van der Waals surface area contributed by atoms with Crippen molar-refractivity contribution in [2.75, 3.05) is 0 Å². The summed E-state index contributed by atoms with van der Waals surface area (Å²) in [6, 6.07) is 0.606. The van der Waals surface area contributed by atoms with E-state index in [9.17, 15) is 0 Å². The maximum absolute atomic E-state index is 4.46. The van der Waals surface area contributed by atoms with E-state index in [0.29, 0.717) is 16.9 Å². The third kappa shape index (κ3) is 1.71. The van der Waals surface area contributed by atoms with E-state index in [1.807, 2.05) is 11.7 Å². The van der Waals surface area contributed by atoms with Crippen LogP contribution in [0.3, 0.4) is 0 Å². The maximum Gasteiger partial charge on any atom is 0.0641 e. The second-order valence-electron chi connectivity index (χ2n) is 6.53. The summed E-state index contributed by atoms with van der Waals surface area (Å²) >= 11 is 0. The van der Waals surface area contributed by atoms with Gasteiger partial charge in [-0.2, -0.15) is 5.10 Å². The van der Waals surface area contributed by atoms with Crippen LogP contribution in [0.2, 0.25) is 0 Å². The van der Waals surface area contributed by atoms with Crippen LogP contribution in [-0.2, 0) is 13.6 Å². The van der Waals surface area contributed by atoms with Crippen molar-refractivity contribution in [2.24, 2.45) is 17.9 Å². The topological polar surface area (TPSA) is 29.9 Å². The lowest BCUT2D eigenvalue weighted by molar-refractivity contribution is 0.457. The third-order valence-corrected chi connectivity index (χ3v) is 5.16. The van der Waals surface area contributed by atoms with Crippen LogP contribution in [0.1, 0.15) is 44.6 Å². The van der Waals surface area contributed by atoms with Crippen LogP contribution in [0.15, 0.2) is 0 Å². The third-order valence-electron chi connectivity index (χ3n) is 5.16. The molecule has 3 heteroatoms. The first kappa shape index (κ1) is 12.6. The van der Waals surface area contributed by atoms with Gasteiger partial charge in [0.25, 0.3) is 0 Å². The summed E-state index contributed by atoms with van der Waals surface area (Å²) in [5.41, 5.74) is 4.57. The van der Waals surface area contributed by atoms with E-state index < -0.39 is 0 Å².